The molecular weight excluding hydrogens is 362 g/mol. The fourth-order valence-electron chi connectivity index (χ4n) is 4.45. The van der Waals surface area contributed by atoms with Crippen LogP contribution in [0.4, 0.5) is 5.82 Å². The summed E-state index contributed by atoms with van der Waals surface area (Å²) in [5.74, 6) is 1.51. The quantitative estimate of drug-likeness (QED) is 0.812. The summed E-state index contributed by atoms with van der Waals surface area (Å²) >= 11 is 0. The lowest BCUT2D eigenvalue weighted by Gasteiger charge is -2.42. The fourth-order valence-corrected chi connectivity index (χ4v) is 6.53. The second-order valence-corrected chi connectivity index (χ2v) is 10.7. The molecule has 4 rings (SSSR count). The Morgan fingerprint density at radius 3 is 2.81 bits per heavy atom. The number of likely N-dealkylation sites (tertiary alicyclic amines) is 1. The zero-order valence-electron chi connectivity index (χ0n) is 16.3. The van der Waals surface area contributed by atoms with Gasteiger partial charge in [-0.15, -0.1) is 0 Å². The van der Waals surface area contributed by atoms with E-state index in [9.17, 15) is 8.42 Å². The average molecular weight is 392 g/mol. The van der Waals surface area contributed by atoms with E-state index in [0.717, 1.165) is 42.7 Å². The van der Waals surface area contributed by atoms with Crippen LogP contribution < -0.4 is 4.90 Å². The van der Waals surface area contributed by atoms with Crippen LogP contribution >= 0.6 is 0 Å². The number of H-pyrrole nitrogens is 1. The van der Waals surface area contributed by atoms with Gasteiger partial charge >= 0.3 is 0 Å². The standard InChI is InChI=1S/C19H29N5O2S/c1-13(2)24-7-5-16(10-24)27(25,26)11-14-8-15(9-14)23(3)19-17-4-6-20-18(17)21-12-22-19/h4,6,12-16H,5,7-11H2,1-3H3,(H,20,21,22)/t14?,15?,16-/m0/s1. The Morgan fingerprint density at radius 2 is 2.11 bits per heavy atom. The molecule has 0 amide bonds. The Hall–Kier alpha value is -1.67. The van der Waals surface area contributed by atoms with Gasteiger partial charge in [0.15, 0.2) is 9.84 Å². The van der Waals surface area contributed by atoms with Gasteiger partial charge in [-0.3, -0.25) is 4.90 Å². The summed E-state index contributed by atoms with van der Waals surface area (Å²) in [6.45, 7) is 5.87. The molecule has 1 aliphatic heterocycles. The highest BCUT2D eigenvalue weighted by molar-refractivity contribution is 7.92. The number of aromatic amines is 1. The predicted octanol–water partition coefficient (Wildman–Crippen LogP) is 2.07. The summed E-state index contributed by atoms with van der Waals surface area (Å²) in [6.07, 6.45) is 6.04. The number of nitrogens with one attached hydrogen (secondary N) is 1. The Morgan fingerprint density at radius 1 is 1.33 bits per heavy atom. The number of nitrogens with zero attached hydrogens (tertiary/aromatic N) is 4. The first kappa shape index (κ1) is 18.7. The van der Waals surface area contributed by atoms with Gasteiger partial charge in [-0.1, -0.05) is 0 Å². The predicted molar refractivity (Wildman–Crippen MR) is 108 cm³/mol. The number of hydrogen-bond acceptors (Lipinski definition) is 6. The molecule has 148 valence electrons. The van der Waals surface area contributed by atoms with E-state index >= 15 is 0 Å². The van der Waals surface area contributed by atoms with Crippen LogP contribution in [0.2, 0.25) is 0 Å². The largest absolute Gasteiger partial charge is 0.356 e. The first-order valence-electron chi connectivity index (χ1n) is 9.81. The molecule has 1 atom stereocenters. The van der Waals surface area contributed by atoms with Crippen molar-refractivity contribution >= 4 is 26.7 Å². The summed E-state index contributed by atoms with van der Waals surface area (Å²) < 4.78 is 25.7. The van der Waals surface area contributed by atoms with Crippen molar-refractivity contribution in [1.82, 2.24) is 19.9 Å². The molecule has 0 bridgehead atoms. The molecule has 7 nitrogen and oxygen atoms in total. The first-order valence-corrected chi connectivity index (χ1v) is 11.5. The number of rotatable bonds is 6. The summed E-state index contributed by atoms with van der Waals surface area (Å²) in [5, 5.41) is 0.828. The van der Waals surface area contributed by atoms with E-state index in [4.69, 9.17) is 0 Å². The van der Waals surface area contributed by atoms with E-state index in [1.54, 1.807) is 6.33 Å². The smallest absolute Gasteiger partial charge is 0.154 e. The molecule has 3 heterocycles. The number of sulfone groups is 1. The van der Waals surface area contributed by atoms with E-state index in [1.807, 2.05) is 19.3 Å². The maximum absolute atomic E-state index is 12.8. The van der Waals surface area contributed by atoms with Gasteiger partial charge in [0, 0.05) is 31.9 Å². The van der Waals surface area contributed by atoms with Gasteiger partial charge in [0.05, 0.1) is 16.4 Å². The fraction of sp³-hybridized carbons (Fsp3) is 0.684. The van der Waals surface area contributed by atoms with Crippen molar-refractivity contribution in [1.29, 1.82) is 0 Å². The van der Waals surface area contributed by atoms with Crippen LogP contribution in [0.1, 0.15) is 33.1 Å². The second-order valence-electron chi connectivity index (χ2n) is 8.37. The maximum Gasteiger partial charge on any atom is 0.154 e. The van der Waals surface area contributed by atoms with Crippen LogP contribution in [-0.4, -0.2) is 71.5 Å². The summed E-state index contributed by atoms with van der Waals surface area (Å²) in [5.41, 5.74) is 0.834. The third kappa shape index (κ3) is 3.57. The maximum atomic E-state index is 12.8. The Labute approximate surface area is 161 Å². The molecular formula is C19H29N5O2S. The molecule has 2 aromatic heterocycles. The third-order valence-corrected chi connectivity index (χ3v) is 8.64. The average Bonchev–Trinajstić information content (AvgIpc) is 3.25. The minimum absolute atomic E-state index is 0.182. The van der Waals surface area contributed by atoms with E-state index in [-0.39, 0.29) is 11.2 Å². The SMILES string of the molecule is CC(C)N1CC[C@H](S(=O)(=O)CC2CC(N(C)c3ncnc4[nH]ccc34)C2)C1. The van der Waals surface area contributed by atoms with Crippen LogP contribution in [0.25, 0.3) is 11.0 Å². The van der Waals surface area contributed by atoms with Crippen molar-refractivity contribution in [2.24, 2.45) is 5.92 Å². The molecule has 2 aromatic rings. The molecule has 2 fully saturated rings. The molecule has 1 saturated carbocycles. The highest BCUT2D eigenvalue weighted by Gasteiger charge is 2.40. The van der Waals surface area contributed by atoms with Gasteiger partial charge in [-0.2, -0.15) is 0 Å². The van der Waals surface area contributed by atoms with Crippen molar-refractivity contribution in [2.75, 3.05) is 30.8 Å². The summed E-state index contributed by atoms with van der Waals surface area (Å²) in [7, 11) is -0.974. The van der Waals surface area contributed by atoms with Crippen molar-refractivity contribution in [3.63, 3.8) is 0 Å². The van der Waals surface area contributed by atoms with E-state index in [1.165, 1.54) is 0 Å². The molecule has 0 radical (unpaired) electrons. The van der Waals surface area contributed by atoms with E-state index < -0.39 is 9.84 Å². The second kappa shape index (κ2) is 7.05. The molecule has 1 aliphatic carbocycles. The molecule has 0 spiro atoms. The lowest BCUT2D eigenvalue weighted by molar-refractivity contribution is 0.274. The molecule has 1 N–H and O–H groups in total. The number of anilines is 1. The van der Waals surface area contributed by atoms with Gasteiger partial charge < -0.3 is 9.88 Å². The molecule has 8 heteroatoms. The normalized spacial score (nSPS) is 26.6. The topological polar surface area (TPSA) is 82.2 Å². The zero-order valence-corrected chi connectivity index (χ0v) is 17.1. The highest BCUT2D eigenvalue weighted by atomic mass is 32.2. The van der Waals surface area contributed by atoms with Crippen LogP contribution in [0, 0.1) is 5.92 Å². The molecule has 0 aromatic carbocycles. The zero-order chi connectivity index (χ0) is 19.2. The minimum Gasteiger partial charge on any atom is -0.356 e. The van der Waals surface area contributed by atoms with Crippen LogP contribution in [0.5, 0.6) is 0 Å². The molecule has 1 saturated heterocycles. The van der Waals surface area contributed by atoms with Crippen molar-refractivity contribution < 1.29 is 8.42 Å². The van der Waals surface area contributed by atoms with Crippen molar-refractivity contribution in [2.45, 2.75) is 50.4 Å². The van der Waals surface area contributed by atoms with Crippen molar-refractivity contribution in [3.05, 3.63) is 18.6 Å². The molecule has 0 unspecified atom stereocenters. The van der Waals surface area contributed by atoms with Gasteiger partial charge in [0.25, 0.3) is 0 Å². The molecule has 27 heavy (non-hydrogen) atoms. The number of hydrogen-bond donors (Lipinski definition) is 1. The Balaban J connectivity index is 1.35. The third-order valence-electron chi connectivity index (χ3n) is 6.31. The lowest BCUT2D eigenvalue weighted by atomic mass is 9.81. The van der Waals surface area contributed by atoms with Gasteiger partial charge in [-0.25, -0.2) is 18.4 Å². The van der Waals surface area contributed by atoms with E-state index in [2.05, 4.69) is 38.6 Å². The first-order chi connectivity index (χ1) is 12.8. The Bertz CT molecular complexity index is 904. The van der Waals surface area contributed by atoms with Gasteiger partial charge in [0.2, 0.25) is 0 Å². The lowest BCUT2D eigenvalue weighted by Crippen LogP contribution is -2.46. The minimum atomic E-state index is -3.02. The molecule has 2 aliphatic rings. The van der Waals surface area contributed by atoms with Gasteiger partial charge in [-0.05, 0) is 51.6 Å². The summed E-state index contributed by atoms with van der Waals surface area (Å²) in [4.78, 5) is 16.2. The Kier molecular flexibility index (Phi) is 4.88. The van der Waals surface area contributed by atoms with Gasteiger partial charge in [0.1, 0.15) is 17.8 Å². The van der Waals surface area contributed by atoms with Crippen LogP contribution in [-0.2, 0) is 9.84 Å². The van der Waals surface area contributed by atoms with Crippen LogP contribution in [0.15, 0.2) is 18.6 Å². The number of fused-ring (bicyclic) bond motifs is 1. The number of aromatic nitrogens is 3. The monoisotopic (exact) mass is 391 g/mol. The summed E-state index contributed by atoms with van der Waals surface area (Å²) in [6, 6.07) is 2.75. The van der Waals surface area contributed by atoms with E-state index in [0.29, 0.717) is 24.4 Å². The highest BCUT2D eigenvalue weighted by Crippen LogP contribution is 2.36. The van der Waals surface area contributed by atoms with Crippen LogP contribution in [0.3, 0.4) is 0 Å². The van der Waals surface area contributed by atoms with Crippen molar-refractivity contribution in [3.8, 4) is 0 Å².